The maximum Gasteiger partial charge on any atom is 0.341 e. The number of nitrogens with one attached hydrogen (secondary N) is 1. The minimum atomic E-state index is -0.607. The summed E-state index contributed by atoms with van der Waals surface area (Å²) in [6.45, 7) is -0.424. The smallest absolute Gasteiger partial charge is 0.341 e. The van der Waals surface area contributed by atoms with Crippen molar-refractivity contribution in [3.63, 3.8) is 0 Å². The molecule has 2 heterocycles. The first kappa shape index (κ1) is 16.3. The quantitative estimate of drug-likeness (QED) is 0.513. The van der Waals surface area contributed by atoms with Crippen LogP contribution in [0.3, 0.4) is 0 Å². The number of hydrogen-bond acceptors (Lipinski definition) is 6. The second-order valence-electron chi connectivity index (χ2n) is 4.03. The molecular weight excluding hydrogens is 326 g/mol. The number of anilines is 1. The van der Waals surface area contributed by atoms with Gasteiger partial charge in [-0.15, -0.1) is 11.8 Å². The lowest BCUT2D eigenvalue weighted by Crippen LogP contribution is -2.21. The summed E-state index contributed by atoms with van der Waals surface area (Å²) in [5.74, 6) is -1.11. The predicted octanol–water partition coefficient (Wildman–Crippen LogP) is 2.65. The third-order valence-corrected chi connectivity index (χ3v) is 3.57. The summed E-state index contributed by atoms with van der Waals surface area (Å²) >= 11 is 7.15. The van der Waals surface area contributed by atoms with Gasteiger partial charge in [-0.1, -0.05) is 11.6 Å². The number of esters is 1. The molecule has 0 fully saturated rings. The Kier molecular flexibility index (Phi) is 5.74. The van der Waals surface area contributed by atoms with E-state index in [4.69, 9.17) is 16.3 Å². The normalized spacial score (nSPS) is 10.1. The number of nitrogens with zero attached hydrogens (tertiary/aromatic N) is 2. The van der Waals surface area contributed by atoms with E-state index in [0.29, 0.717) is 16.3 Å². The van der Waals surface area contributed by atoms with Crippen molar-refractivity contribution in [2.24, 2.45) is 0 Å². The van der Waals surface area contributed by atoms with Gasteiger partial charge in [-0.05, 0) is 30.5 Å². The zero-order valence-corrected chi connectivity index (χ0v) is 13.1. The Balaban J connectivity index is 1.94. The molecule has 2 rings (SSSR count). The van der Waals surface area contributed by atoms with Crippen molar-refractivity contribution in [3.8, 4) is 0 Å². The number of carbonyl (C=O) groups excluding carboxylic acids is 2. The fraction of sp³-hybridized carbons (Fsp3) is 0.143. The SMILES string of the molecule is CSc1ncccc1C(=O)OCC(=O)Nc1cccnc1Cl. The van der Waals surface area contributed by atoms with Crippen molar-refractivity contribution in [2.75, 3.05) is 18.2 Å². The van der Waals surface area contributed by atoms with Gasteiger partial charge in [-0.25, -0.2) is 14.8 Å². The summed E-state index contributed by atoms with van der Waals surface area (Å²) in [7, 11) is 0. The molecule has 22 heavy (non-hydrogen) atoms. The Morgan fingerprint density at radius 1 is 1.27 bits per heavy atom. The van der Waals surface area contributed by atoms with Gasteiger partial charge >= 0.3 is 5.97 Å². The maximum absolute atomic E-state index is 12.0. The summed E-state index contributed by atoms with van der Waals surface area (Å²) < 4.78 is 4.98. The third-order valence-electron chi connectivity index (χ3n) is 2.55. The maximum atomic E-state index is 12.0. The zero-order chi connectivity index (χ0) is 15.9. The molecule has 0 radical (unpaired) electrons. The lowest BCUT2D eigenvalue weighted by atomic mass is 10.3. The summed E-state index contributed by atoms with van der Waals surface area (Å²) in [6.07, 6.45) is 4.89. The minimum Gasteiger partial charge on any atom is -0.452 e. The van der Waals surface area contributed by atoms with Crippen LogP contribution in [0.1, 0.15) is 10.4 Å². The van der Waals surface area contributed by atoms with E-state index in [1.165, 1.54) is 18.0 Å². The highest BCUT2D eigenvalue weighted by Crippen LogP contribution is 2.18. The monoisotopic (exact) mass is 337 g/mol. The van der Waals surface area contributed by atoms with E-state index in [1.54, 1.807) is 36.7 Å². The Bertz CT molecular complexity index is 697. The number of ether oxygens (including phenoxy) is 1. The second kappa shape index (κ2) is 7.77. The van der Waals surface area contributed by atoms with E-state index in [0.717, 1.165) is 0 Å². The van der Waals surface area contributed by atoms with E-state index in [1.807, 2.05) is 0 Å². The molecule has 0 spiro atoms. The van der Waals surface area contributed by atoms with Crippen LogP contribution in [0, 0.1) is 0 Å². The Morgan fingerprint density at radius 3 is 2.73 bits per heavy atom. The van der Waals surface area contributed by atoms with Crippen LogP contribution in [0.5, 0.6) is 0 Å². The number of amides is 1. The molecule has 0 aliphatic carbocycles. The Hall–Kier alpha value is -2.12. The van der Waals surface area contributed by atoms with Gasteiger partial charge in [0.15, 0.2) is 11.8 Å². The molecule has 0 aliphatic rings. The molecule has 1 amide bonds. The van der Waals surface area contributed by atoms with Crippen molar-refractivity contribution >= 4 is 40.9 Å². The van der Waals surface area contributed by atoms with Crippen LogP contribution in [-0.4, -0.2) is 34.7 Å². The molecule has 6 nitrogen and oxygen atoms in total. The van der Waals surface area contributed by atoms with Gasteiger partial charge in [0.25, 0.3) is 5.91 Å². The highest BCUT2D eigenvalue weighted by atomic mass is 35.5. The van der Waals surface area contributed by atoms with Gasteiger partial charge in [0.2, 0.25) is 0 Å². The van der Waals surface area contributed by atoms with E-state index in [-0.39, 0.29) is 5.15 Å². The van der Waals surface area contributed by atoms with Crippen LogP contribution in [0.25, 0.3) is 0 Å². The first-order valence-corrected chi connectivity index (χ1v) is 7.78. The molecule has 0 atom stereocenters. The summed E-state index contributed by atoms with van der Waals surface area (Å²) in [5, 5.41) is 3.22. The van der Waals surface area contributed by atoms with Gasteiger partial charge in [-0.2, -0.15) is 0 Å². The van der Waals surface area contributed by atoms with Gasteiger partial charge < -0.3 is 10.1 Å². The molecule has 0 unspecified atom stereocenters. The first-order valence-electron chi connectivity index (χ1n) is 6.18. The summed E-state index contributed by atoms with van der Waals surface area (Å²) in [6, 6.07) is 6.46. The highest BCUT2D eigenvalue weighted by Gasteiger charge is 2.15. The Labute approximate surface area is 136 Å². The highest BCUT2D eigenvalue weighted by molar-refractivity contribution is 7.98. The molecule has 114 valence electrons. The van der Waals surface area contributed by atoms with Crippen LogP contribution >= 0.6 is 23.4 Å². The fourth-order valence-electron chi connectivity index (χ4n) is 1.58. The summed E-state index contributed by atoms with van der Waals surface area (Å²) in [5.41, 5.74) is 0.679. The molecule has 0 aliphatic heterocycles. The molecule has 8 heteroatoms. The molecule has 0 saturated carbocycles. The van der Waals surface area contributed by atoms with Crippen molar-refractivity contribution in [1.82, 2.24) is 9.97 Å². The minimum absolute atomic E-state index is 0.166. The standard InChI is InChI=1S/C14H12ClN3O3S/c1-22-13-9(4-2-7-17-13)14(20)21-8-11(19)18-10-5-3-6-16-12(10)15/h2-7H,8H2,1H3,(H,18,19). The number of carbonyl (C=O) groups is 2. The second-order valence-corrected chi connectivity index (χ2v) is 5.18. The summed E-state index contributed by atoms with van der Waals surface area (Å²) in [4.78, 5) is 31.6. The van der Waals surface area contributed by atoms with E-state index < -0.39 is 18.5 Å². The van der Waals surface area contributed by atoms with E-state index >= 15 is 0 Å². The third kappa shape index (κ3) is 4.19. The van der Waals surface area contributed by atoms with Crippen molar-refractivity contribution in [1.29, 1.82) is 0 Å². The number of rotatable bonds is 5. The molecule has 0 saturated heterocycles. The predicted molar refractivity (Wildman–Crippen MR) is 84.2 cm³/mol. The van der Waals surface area contributed by atoms with Crippen LogP contribution in [0.15, 0.2) is 41.7 Å². The largest absolute Gasteiger partial charge is 0.452 e. The molecule has 2 aromatic rings. The topological polar surface area (TPSA) is 81.2 Å². The van der Waals surface area contributed by atoms with Crippen LogP contribution in [0.2, 0.25) is 5.15 Å². The van der Waals surface area contributed by atoms with Crippen LogP contribution in [0.4, 0.5) is 5.69 Å². The Morgan fingerprint density at radius 2 is 2.00 bits per heavy atom. The molecule has 2 aromatic heterocycles. The van der Waals surface area contributed by atoms with Gasteiger partial charge in [0, 0.05) is 12.4 Å². The zero-order valence-electron chi connectivity index (χ0n) is 11.6. The van der Waals surface area contributed by atoms with Gasteiger partial charge in [0.1, 0.15) is 5.03 Å². The molecular formula is C14H12ClN3O3S. The number of aromatic nitrogens is 2. The lowest BCUT2D eigenvalue weighted by Gasteiger charge is -2.08. The van der Waals surface area contributed by atoms with Crippen LogP contribution < -0.4 is 5.32 Å². The number of hydrogen-bond donors (Lipinski definition) is 1. The van der Waals surface area contributed by atoms with E-state index in [9.17, 15) is 9.59 Å². The van der Waals surface area contributed by atoms with Gasteiger partial charge in [-0.3, -0.25) is 4.79 Å². The lowest BCUT2D eigenvalue weighted by molar-refractivity contribution is -0.119. The number of pyridine rings is 2. The van der Waals surface area contributed by atoms with Crippen molar-refractivity contribution in [3.05, 3.63) is 47.4 Å². The number of halogens is 1. The first-order chi connectivity index (χ1) is 10.6. The average molecular weight is 338 g/mol. The fourth-order valence-corrected chi connectivity index (χ4v) is 2.29. The van der Waals surface area contributed by atoms with Crippen LogP contribution in [-0.2, 0) is 9.53 Å². The average Bonchev–Trinajstić information content (AvgIpc) is 2.54. The van der Waals surface area contributed by atoms with Crippen molar-refractivity contribution in [2.45, 2.75) is 5.03 Å². The molecule has 0 aromatic carbocycles. The molecule has 1 N–H and O–H groups in total. The molecule has 0 bridgehead atoms. The van der Waals surface area contributed by atoms with Crippen molar-refractivity contribution < 1.29 is 14.3 Å². The number of thioether (sulfide) groups is 1. The van der Waals surface area contributed by atoms with Gasteiger partial charge in [0.05, 0.1) is 11.3 Å². The van der Waals surface area contributed by atoms with E-state index in [2.05, 4.69) is 15.3 Å².